The van der Waals surface area contributed by atoms with Crippen LogP contribution in [0.15, 0.2) is 36.4 Å². The number of carbonyl (C=O) groups is 1. The van der Waals surface area contributed by atoms with Gasteiger partial charge in [-0.25, -0.2) is 0 Å². The predicted octanol–water partition coefficient (Wildman–Crippen LogP) is 4.57. The Morgan fingerprint density at radius 2 is 1.94 bits per heavy atom. The van der Waals surface area contributed by atoms with Gasteiger partial charge in [-0.3, -0.25) is 9.69 Å². The Kier molecular flexibility index (Phi) is 8.02. The molecule has 2 heterocycles. The van der Waals surface area contributed by atoms with Gasteiger partial charge in [0.2, 0.25) is 5.91 Å². The maximum atomic E-state index is 13.3. The Hall–Kier alpha value is -2.28. The lowest BCUT2D eigenvalue weighted by Crippen LogP contribution is -2.50. The number of phenolic OH excluding ortho intramolecular Hbond substituents is 1. The molecular formula is C27H35ClN2O4. The zero-order valence-corrected chi connectivity index (χ0v) is 20.9. The molecular weight excluding hydrogens is 452 g/mol. The summed E-state index contributed by atoms with van der Waals surface area (Å²) >= 11 is 6.19. The van der Waals surface area contributed by atoms with E-state index in [0.29, 0.717) is 56.6 Å². The number of phenols is 1. The molecule has 1 N–H and O–H groups in total. The quantitative estimate of drug-likeness (QED) is 0.621. The minimum absolute atomic E-state index is 0.166. The number of nitrogens with zero attached hydrogens (tertiary/aromatic N) is 2. The Labute approximate surface area is 207 Å². The molecule has 2 aliphatic heterocycles. The SMILES string of the molecule is Cc1ccc(O)c(CN2CCCC(COc3ccc(Cl)c(C)c3)(CC(=O)N3CCOCC3)C2)c1. The Morgan fingerprint density at radius 1 is 1.15 bits per heavy atom. The number of morpholine rings is 1. The molecule has 34 heavy (non-hydrogen) atoms. The van der Waals surface area contributed by atoms with Crippen LogP contribution in [-0.4, -0.2) is 66.8 Å². The van der Waals surface area contributed by atoms with Crippen molar-refractivity contribution in [3.8, 4) is 11.5 Å². The normalized spacial score (nSPS) is 21.4. The number of aryl methyl sites for hydroxylation is 2. The van der Waals surface area contributed by atoms with Crippen LogP contribution in [0.2, 0.25) is 5.02 Å². The number of rotatable bonds is 7. The van der Waals surface area contributed by atoms with Crippen LogP contribution in [0.1, 0.15) is 36.0 Å². The second kappa shape index (κ2) is 11.0. The van der Waals surface area contributed by atoms with Crippen molar-refractivity contribution in [1.82, 2.24) is 9.80 Å². The first-order valence-electron chi connectivity index (χ1n) is 12.1. The maximum Gasteiger partial charge on any atom is 0.223 e. The average molecular weight is 487 g/mol. The zero-order chi connectivity index (χ0) is 24.1. The van der Waals surface area contributed by atoms with Crippen molar-refractivity contribution in [2.75, 3.05) is 46.0 Å². The number of ether oxygens (including phenoxy) is 2. The Morgan fingerprint density at radius 3 is 2.71 bits per heavy atom. The molecule has 0 radical (unpaired) electrons. The molecule has 2 aliphatic rings. The van der Waals surface area contributed by atoms with Crippen molar-refractivity contribution in [2.45, 2.75) is 39.7 Å². The van der Waals surface area contributed by atoms with E-state index in [-0.39, 0.29) is 11.3 Å². The van der Waals surface area contributed by atoms with Crippen molar-refractivity contribution in [3.63, 3.8) is 0 Å². The fourth-order valence-corrected chi connectivity index (χ4v) is 5.15. The van der Waals surface area contributed by atoms with Crippen molar-refractivity contribution in [3.05, 3.63) is 58.1 Å². The summed E-state index contributed by atoms with van der Waals surface area (Å²) in [5.74, 6) is 1.26. The number of halogens is 1. The van der Waals surface area contributed by atoms with Crippen LogP contribution in [0.4, 0.5) is 0 Å². The molecule has 1 amide bonds. The van der Waals surface area contributed by atoms with Gasteiger partial charge < -0.3 is 19.5 Å². The zero-order valence-electron chi connectivity index (χ0n) is 20.2. The highest BCUT2D eigenvalue weighted by Crippen LogP contribution is 2.37. The van der Waals surface area contributed by atoms with Crippen LogP contribution in [0.25, 0.3) is 0 Å². The van der Waals surface area contributed by atoms with Gasteiger partial charge in [-0.15, -0.1) is 0 Å². The minimum atomic E-state index is -0.305. The largest absolute Gasteiger partial charge is 0.508 e. The number of hydrogen-bond acceptors (Lipinski definition) is 5. The molecule has 2 aromatic carbocycles. The van der Waals surface area contributed by atoms with Crippen LogP contribution in [-0.2, 0) is 16.1 Å². The summed E-state index contributed by atoms with van der Waals surface area (Å²) in [7, 11) is 0. The summed E-state index contributed by atoms with van der Waals surface area (Å²) in [6.45, 7) is 9.26. The standard InChI is InChI=1S/C27H35ClN2O4/c1-20-4-7-25(31)22(14-20)17-29-9-3-8-27(18-29,16-26(32)30-10-12-33-13-11-30)19-34-23-5-6-24(28)21(2)15-23/h4-7,14-15,31H,3,8-13,16-19H2,1-2H3. The molecule has 2 saturated heterocycles. The van der Waals surface area contributed by atoms with Gasteiger partial charge in [0.15, 0.2) is 0 Å². The van der Waals surface area contributed by atoms with E-state index < -0.39 is 0 Å². The van der Waals surface area contributed by atoms with Gasteiger partial charge in [-0.05, 0) is 63.1 Å². The number of hydrogen-bond donors (Lipinski definition) is 1. The lowest BCUT2D eigenvalue weighted by molar-refractivity contribution is -0.139. The summed E-state index contributed by atoms with van der Waals surface area (Å²) in [5.41, 5.74) is 2.71. The van der Waals surface area contributed by atoms with Gasteiger partial charge in [-0.1, -0.05) is 29.3 Å². The van der Waals surface area contributed by atoms with E-state index in [1.54, 1.807) is 6.07 Å². The van der Waals surface area contributed by atoms with Gasteiger partial charge in [0, 0.05) is 48.6 Å². The molecule has 4 rings (SSSR count). The molecule has 0 aliphatic carbocycles. The Balaban J connectivity index is 1.52. The van der Waals surface area contributed by atoms with E-state index in [9.17, 15) is 9.90 Å². The number of carbonyl (C=O) groups excluding carboxylic acids is 1. The first-order valence-corrected chi connectivity index (χ1v) is 12.5. The molecule has 2 fully saturated rings. The highest BCUT2D eigenvalue weighted by atomic mass is 35.5. The first-order chi connectivity index (χ1) is 16.3. The molecule has 1 atom stereocenters. The highest BCUT2D eigenvalue weighted by Gasteiger charge is 2.40. The molecule has 6 nitrogen and oxygen atoms in total. The smallest absolute Gasteiger partial charge is 0.223 e. The topological polar surface area (TPSA) is 62.2 Å². The Bertz CT molecular complexity index is 1010. The fraction of sp³-hybridized carbons (Fsp3) is 0.519. The number of aromatic hydroxyl groups is 1. The second-order valence-electron chi connectivity index (χ2n) is 9.82. The lowest BCUT2D eigenvalue weighted by Gasteiger charge is -2.43. The van der Waals surface area contributed by atoms with E-state index in [4.69, 9.17) is 21.1 Å². The highest BCUT2D eigenvalue weighted by molar-refractivity contribution is 6.31. The monoisotopic (exact) mass is 486 g/mol. The van der Waals surface area contributed by atoms with Crippen LogP contribution in [0, 0.1) is 19.3 Å². The van der Waals surface area contributed by atoms with E-state index in [2.05, 4.69) is 4.90 Å². The van der Waals surface area contributed by atoms with Gasteiger partial charge in [0.1, 0.15) is 11.5 Å². The van der Waals surface area contributed by atoms with E-state index in [1.165, 1.54) is 0 Å². The third kappa shape index (κ3) is 6.23. The van der Waals surface area contributed by atoms with Crippen molar-refractivity contribution < 1.29 is 19.4 Å². The minimum Gasteiger partial charge on any atom is -0.508 e. The summed E-state index contributed by atoms with van der Waals surface area (Å²) in [6.07, 6.45) is 2.34. The van der Waals surface area contributed by atoms with Gasteiger partial charge in [0.05, 0.1) is 19.8 Å². The molecule has 184 valence electrons. The third-order valence-electron chi connectivity index (χ3n) is 6.93. The summed E-state index contributed by atoms with van der Waals surface area (Å²) in [6, 6.07) is 11.4. The number of amides is 1. The van der Waals surface area contributed by atoms with E-state index in [1.807, 2.05) is 49.1 Å². The maximum absolute atomic E-state index is 13.3. The third-order valence-corrected chi connectivity index (χ3v) is 7.36. The molecule has 0 saturated carbocycles. The van der Waals surface area contributed by atoms with Crippen LogP contribution >= 0.6 is 11.6 Å². The van der Waals surface area contributed by atoms with Gasteiger partial charge in [-0.2, -0.15) is 0 Å². The fourth-order valence-electron chi connectivity index (χ4n) is 5.03. The molecule has 2 aromatic rings. The number of benzene rings is 2. The lowest BCUT2D eigenvalue weighted by atomic mass is 9.77. The predicted molar refractivity (Wildman–Crippen MR) is 133 cm³/mol. The van der Waals surface area contributed by atoms with Crippen LogP contribution < -0.4 is 4.74 Å². The molecule has 7 heteroatoms. The second-order valence-corrected chi connectivity index (χ2v) is 10.2. The first kappa shape index (κ1) is 24.8. The average Bonchev–Trinajstić information content (AvgIpc) is 2.83. The van der Waals surface area contributed by atoms with Gasteiger partial charge in [0.25, 0.3) is 0 Å². The van der Waals surface area contributed by atoms with Crippen LogP contribution in [0.3, 0.4) is 0 Å². The molecule has 0 bridgehead atoms. The number of piperidine rings is 1. The summed E-state index contributed by atoms with van der Waals surface area (Å²) in [4.78, 5) is 17.6. The van der Waals surface area contributed by atoms with E-state index in [0.717, 1.165) is 48.4 Å². The van der Waals surface area contributed by atoms with Crippen molar-refractivity contribution in [1.29, 1.82) is 0 Å². The van der Waals surface area contributed by atoms with Crippen molar-refractivity contribution >= 4 is 17.5 Å². The van der Waals surface area contributed by atoms with Crippen molar-refractivity contribution in [2.24, 2.45) is 5.41 Å². The van der Waals surface area contributed by atoms with E-state index >= 15 is 0 Å². The van der Waals surface area contributed by atoms with Gasteiger partial charge >= 0.3 is 0 Å². The molecule has 0 spiro atoms. The molecule has 0 aromatic heterocycles. The number of likely N-dealkylation sites (tertiary alicyclic amines) is 1. The van der Waals surface area contributed by atoms with Crippen LogP contribution in [0.5, 0.6) is 11.5 Å². The summed E-state index contributed by atoms with van der Waals surface area (Å²) < 4.78 is 11.7. The summed E-state index contributed by atoms with van der Waals surface area (Å²) in [5, 5.41) is 11.1. The molecule has 1 unspecified atom stereocenters.